The molecule has 1 aromatic carbocycles. The number of benzene rings is 1. The van der Waals surface area contributed by atoms with Crippen molar-refractivity contribution < 1.29 is 9.90 Å². The van der Waals surface area contributed by atoms with Gasteiger partial charge in [-0.05, 0) is 42.0 Å². The van der Waals surface area contributed by atoms with Crippen molar-refractivity contribution in [3.63, 3.8) is 0 Å². The summed E-state index contributed by atoms with van der Waals surface area (Å²) in [5.41, 5.74) is 5.20. The summed E-state index contributed by atoms with van der Waals surface area (Å²) in [6.45, 7) is 2.05. The number of carbonyl (C=O) groups is 1. The molecule has 2 atom stereocenters. The maximum absolute atomic E-state index is 11.1. The van der Waals surface area contributed by atoms with Gasteiger partial charge in [-0.25, -0.2) is 0 Å². The Morgan fingerprint density at radius 2 is 2.18 bits per heavy atom. The zero-order chi connectivity index (χ0) is 12.0. The van der Waals surface area contributed by atoms with Crippen LogP contribution in [0.15, 0.2) is 29.8 Å². The number of fused-ring (bicyclic) bond motifs is 2. The molecule has 0 radical (unpaired) electrons. The molecular formula is C14H15NO2. The van der Waals surface area contributed by atoms with E-state index in [4.69, 9.17) is 5.11 Å². The Morgan fingerprint density at radius 3 is 2.94 bits per heavy atom. The van der Waals surface area contributed by atoms with Crippen LogP contribution >= 0.6 is 0 Å². The summed E-state index contributed by atoms with van der Waals surface area (Å²) in [6.07, 6.45) is 1.57. The van der Waals surface area contributed by atoms with Crippen LogP contribution in [-0.4, -0.2) is 23.2 Å². The first-order chi connectivity index (χ1) is 8.16. The normalized spacial score (nSPS) is 26.6. The lowest BCUT2D eigenvalue weighted by atomic mass is 9.91. The van der Waals surface area contributed by atoms with Gasteiger partial charge in [0.05, 0.1) is 0 Å². The molecule has 1 heterocycles. The van der Waals surface area contributed by atoms with Crippen molar-refractivity contribution >= 4 is 11.5 Å². The van der Waals surface area contributed by atoms with Crippen LogP contribution in [0.25, 0.3) is 5.57 Å². The Labute approximate surface area is 100 Å². The standard InChI is InChI=1S/C14H15NO2/c1-8-11-6-9-4-2-3-5-10(9)12(11)7-13(15-8)14(16)17/h2-5,8,13,15H,6-7H2,1H3,(H,16,17). The first-order valence-electron chi connectivity index (χ1n) is 5.96. The second kappa shape index (κ2) is 3.70. The predicted molar refractivity (Wildman–Crippen MR) is 65.7 cm³/mol. The number of hydrogen-bond acceptors (Lipinski definition) is 2. The lowest BCUT2D eigenvalue weighted by Gasteiger charge is -2.28. The van der Waals surface area contributed by atoms with Crippen LogP contribution in [0.5, 0.6) is 0 Å². The van der Waals surface area contributed by atoms with Gasteiger partial charge < -0.3 is 5.11 Å². The number of nitrogens with one attached hydrogen (secondary N) is 1. The molecular weight excluding hydrogens is 214 g/mol. The molecule has 3 heteroatoms. The molecule has 17 heavy (non-hydrogen) atoms. The van der Waals surface area contributed by atoms with Crippen LogP contribution in [0.1, 0.15) is 24.5 Å². The summed E-state index contributed by atoms with van der Waals surface area (Å²) in [7, 11) is 0. The average Bonchev–Trinajstić information content (AvgIpc) is 2.68. The Morgan fingerprint density at radius 1 is 1.41 bits per heavy atom. The summed E-state index contributed by atoms with van der Waals surface area (Å²) in [4.78, 5) is 11.1. The topological polar surface area (TPSA) is 49.3 Å². The molecule has 0 spiro atoms. The van der Waals surface area contributed by atoms with E-state index in [0.717, 1.165) is 6.42 Å². The van der Waals surface area contributed by atoms with E-state index in [1.807, 2.05) is 12.1 Å². The third-order valence-corrected chi connectivity index (χ3v) is 3.79. The maximum Gasteiger partial charge on any atom is 0.321 e. The first-order valence-corrected chi connectivity index (χ1v) is 5.96. The van der Waals surface area contributed by atoms with E-state index in [1.54, 1.807) is 0 Å². The Kier molecular flexibility index (Phi) is 2.30. The zero-order valence-corrected chi connectivity index (χ0v) is 9.73. The van der Waals surface area contributed by atoms with Crippen molar-refractivity contribution in [2.24, 2.45) is 0 Å². The molecule has 1 aliphatic carbocycles. The largest absolute Gasteiger partial charge is 0.480 e. The third kappa shape index (κ3) is 1.58. The van der Waals surface area contributed by atoms with E-state index in [1.165, 1.54) is 22.3 Å². The van der Waals surface area contributed by atoms with Crippen LogP contribution in [0, 0.1) is 0 Å². The molecule has 1 aromatic rings. The van der Waals surface area contributed by atoms with Gasteiger partial charge in [0.15, 0.2) is 0 Å². The fraction of sp³-hybridized carbons (Fsp3) is 0.357. The van der Waals surface area contributed by atoms with Gasteiger partial charge in [-0.3, -0.25) is 10.1 Å². The highest BCUT2D eigenvalue weighted by atomic mass is 16.4. The fourth-order valence-corrected chi connectivity index (χ4v) is 2.93. The minimum Gasteiger partial charge on any atom is -0.480 e. The molecule has 3 rings (SSSR count). The zero-order valence-electron chi connectivity index (χ0n) is 9.73. The van der Waals surface area contributed by atoms with Crippen LogP contribution in [0.4, 0.5) is 0 Å². The van der Waals surface area contributed by atoms with Crippen molar-refractivity contribution in [1.82, 2.24) is 5.32 Å². The van der Waals surface area contributed by atoms with E-state index < -0.39 is 12.0 Å². The van der Waals surface area contributed by atoms with Gasteiger partial charge in [-0.15, -0.1) is 0 Å². The molecule has 0 fully saturated rings. The molecule has 1 aliphatic heterocycles. The smallest absolute Gasteiger partial charge is 0.321 e. The van der Waals surface area contributed by atoms with Gasteiger partial charge in [-0.2, -0.15) is 0 Å². The van der Waals surface area contributed by atoms with E-state index in [-0.39, 0.29) is 6.04 Å². The summed E-state index contributed by atoms with van der Waals surface area (Å²) in [5.74, 6) is -0.757. The van der Waals surface area contributed by atoms with Crippen LogP contribution in [0.2, 0.25) is 0 Å². The Hall–Kier alpha value is -1.61. The first kappa shape index (κ1) is 10.5. The number of aliphatic carboxylic acids is 1. The quantitative estimate of drug-likeness (QED) is 0.772. The van der Waals surface area contributed by atoms with Crippen LogP contribution in [-0.2, 0) is 11.2 Å². The van der Waals surface area contributed by atoms with Crippen molar-refractivity contribution in [1.29, 1.82) is 0 Å². The maximum atomic E-state index is 11.1. The van der Waals surface area contributed by atoms with Gasteiger partial charge in [0, 0.05) is 6.04 Å². The predicted octanol–water partition coefficient (Wildman–Crippen LogP) is 1.83. The lowest BCUT2D eigenvalue weighted by molar-refractivity contribution is -0.139. The molecule has 0 saturated heterocycles. The Balaban J connectivity index is 2.02. The number of rotatable bonds is 1. The number of carboxylic acids is 1. The highest BCUT2D eigenvalue weighted by Crippen LogP contribution is 2.39. The molecule has 2 aliphatic rings. The molecule has 2 unspecified atom stereocenters. The average molecular weight is 229 g/mol. The van der Waals surface area contributed by atoms with Crippen molar-refractivity contribution in [3.05, 3.63) is 41.0 Å². The molecule has 0 aromatic heterocycles. The summed E-state index contributed by atoms with van der Waals surface area (Å²) in [6, 6.07) is 8.02. The minimum atomic E-state index is -0.757. The molecule has 0 saturated carbocycles. The summed E-state index contributed by atoms with van der Waals surface area (Å²) in [5, 5.41) is 12.3. The Bertz CT molecular complexity index is 519. The van der Waals surface area contributed by atoms with E-state index in [0.29, 0.717) is 6.42 Å². The third-order valence-electron chi connectivity index (χ3n) is 3.79. The highest BCUT2D eigenvalue weighted by molar-refractivity contribution is 5.84. The lowest BCUT2D eigenvalue weighted by Crippen LogP contribution is -2.46. The molecule has 2 N–H and O–H groups in total. The van der Waals surface area contributed by atoms with Gasteiger partial charge in [0.25, 0.3) is 0 Å². The fourth-order valence-electron chi connectivity index (χ4n) is 2.93. The van der Waals surface area contributed by atoms with Gasteiger partial charge in [0.1, 0.15) is 6.04 Å². The molecule has 3 nitrogen and oxygen atoms in total. The molecule has 0 bridgehead atoms. The second-order valence-corrected chi connectivity index (χ2v) is 4.82. The van der Waals surface area contributed by atoms with Crippen LogP contribution < -0.4 is 5.32 Å². The SMILES string of the molecule is CC1NC(C(=O)O)CC2=C1Cc1ccccc12. The van der Waals surface area contributed by atoms with E-state index in [2.05, 4.69) is 24.4 Å². The van der Waals surface area contributed by atoms with E-state index >= 15 is 0 Å². The summed E-state index contributed by atoms with van der Waals surface area (Å²) >= 11 is 0. The highest BCUT2D eigenvalue weighted by Gasteiger charge is 2.34. The van der Waals surface area contributed by atoms with Gasteiger partial charge in [-0.1, -0.05) is 24.3 Å². The van der Waals surface area contributed by atoms with Gasteiger partial charge >= 0.3 is 5.97 Å². The number of hydrogen-bond donors (Lipinski definition) is 2. The van der Waals surface area contributed by atoms with E-state index in [9.17, 15) is 4.79 Å². The van der Waals surface area contributed by atoms with Crippen LogP contribution in [0.3, 0.4) is 0 Å². The summed E-state index contributed by atoms with van der Waals surface area (Å²) < 4.78 is 0. The van der Waals surface area contributed by atoms with Crippen molar-refractivity contribution in [2.45, 2.75) is 31.8 Å². The second-order valence-electron chi connectivity index (χ2n) is 4.82. The minimum absolute atomic E-state index is 0.159. The van der Waals surface area contributed by atoms with Gasteiger partial charge in [0.2, 0.25) is 0 Å². The molecule has 88 valence electrons. The monoisotopic (exact) mass is 229 g/mol. The number of carboxylic acid groups (broad SMARTS) is 1. The van der Waals surface area contributed by atoms with Crippen molar-refractivity contribution in [3.8, 4) is 0 Å². The molecule has 0 amide bonds. The van der Waals surface area contributed by atoms with Crippen molar-refractivity contribution in [2.75, 3.05) is 0 Å².